The van der Waals surface area contributed by atoms with Gasteiger partial charge in [-0.25, -0.2) is 14.2 Å². The normalized spacial score (nSPS) is 10.6. The first-order chi connectivity index (χ1) is 16.9. The summed E-state index contributed by atoms with van der Waals surface area (Å²) < 4.78 is 7.75. The third-order valence-electron chi connectivity index (χ3n) is 4.89. The lowest BCUT2D eigenvalue weighted by Gasteiger charge is -2.16. The lowest BCUT2D eigenvalue weighted by molar-refractivity contribution is -0.121. The Hall–Kier alpha value is -4.51. The van der Waals surface area contributed by atoms with Gasteiger partial charge in [-0.1, -0.05) is 23.7 Å². The molecule has 1 amide bonds. The van der Waals surface area contributed by atoms with Crippen LogP contribution in [0.4, 0.5) is 11.6 Å². The molecular weight excluding hydrogens is 474 g/mol. The molecule has 4 aromatic rings. The molecule has 0 aliphatic heterocycles. The number of benzene rings is 2. The zero-order valence-corrected chi connectivity index (χ0v) is 19.3. The highest BCUT2D eigenvalue weighted by Crippen LogP contribution is 2.23. The van der Waals surface area contributed by atoms with Crippen LogP contribution in [-0.2, 0) is 17.9 Å². The van der Waals surface area contributed by atoms with Crippen LogP contribution < -0.4 is 26.7 Å². The Balaban J connectivity index is 1.66. The topological polar surface area (TPSA) is 133 Å². The summed E-state index contributed by atoms with van der Waals surface area (Å²) in [6.07, 6.45) is 3.00. The first kappa shape index (κ1) is 23.6. The minimum absolute atomic E-state index is 0.0232. The molecule has 0 saturated carbocycles. The first-order valence-electron chi connectivity index (χ1n) is 10.4. The highest BCUT2D eigenvalue weighted by molar-refractivity contribution is 6.30. The maximum Gasteiger partial charge on any atom is 0.355 e. The Morgan fingerprint density at radius 1 is 0.971 bits per heavy atom. The van der Waals surface area contributed by atoms with E-state index in [-0.39, 0.29) is 12.5 Å². The minimum Gasteiger partial charge on any atom is -0.456 e. The van der Waals surface area contributed by atoms with E-state index in [1.165, 1.54) is 24.0 Å². The minimum atomic E-state index is -0.849. The lowest BCUT2D eigenvalue weighted by Crippen LogP contribution is -2.45. The van der Waals surface area contributed by atoms with Crippen LogP contribution in [0.25, 0.3) is 0 Å². The highest BCUT2D eigenvalue weighted by Gasteiger charge is 2.16. The molecule has 0 spiro atoms. The van der Waals surface area contributed by atoms with Gasteiger partial charge in [0.1, 0.15) is 18.0 Å². The van der Waals surface area contributed by atoms with Crippen molar-refractivity contribution in [2.75, 3.05) is 12.4 Å². The van der Waals surface area contributed by atoms with Crippen LogP contribution >= 0.6 is 11.6 Å². The first-order valence-corrected chi connectivity index (χ1v) is 10.8. The Morgan fingerprint density at radius 3 is 2.37 bits per heavy atom. The molecular formula is C23H20ClN7O4. The molecule has 178 valence electrons. The van der Waals surface area contributed by atoms with Gasteiger partial charge in [0.25, 0.3) is 0 Å². The maximum absolute atomic E-state index is 13.2. The predicted octanol–water partition coefficient (Wildman–Crippen LogP) is 2.18. The van der Waals surface area contributed by atoms with Gasteiger partial charge in [-0.15, -0.1) is 0 Å². The molecule has 2 heterocycles. The van der Waals surface area contributed by atoms with Gasteiger partial charge in [-0.2, -0.15) is 15.2 Å². The van der Waals surface area contributed by atoms with Crippen molar-refractivity contribution >= 4 is 29.1 Å². The van der Waals surface area contributed by atoms with Crippen molar-refractivity contribution in [3.05, 3.63) is 98.5 Å². The van der Waals surface area contributed by atoms with Crippen LogP contribution in [0.2, 0.25) is 5.02 Å². The second-order valence-corrected chi connectivity index (χ2v) is 7.74. The lowest BCUT2D eigenvalue weighted by atomic mass is 10.2. The molecule has 0 bridgehead atoms. The van der Waals surface area contributed by atoms with Crippen molar-refractivity contribution in [3.63, 3.8) is 0 Å². The van der Waals surface area contributed by atoms with E-state index in [2.05, 4.69) is 25.8 Å². The molecule has 4 rings (SSSR count). The van der Waals surface area contributed by atoms with Gasteiger partial charge < -0.3 is 15.4 Å². The number of likely N-dealkylation sites (N-methyl/N-ethyl adjacent to an activating group) is 1. The van der Waals surface area contributed by atoms with Gasteiger partial charge in [-0.3, -0.25) is 9.36 Å². The third-order valence-corrected chi connectivity index (χ3v) is 5.14. The van der Waals surface area contributed by atoms with Gasteiger partial charge in [0.2, 0.25) is 11.9 Å². The number of anilines is 2. The number of ether oxygens (including phenoxy) is 1. The number of nitrogens with zero attached hydrogens (tertiary/aromatic N) is 5. The molecule has 0 saturated heterocycles. The Bertz CT molecular complexity index is 1440. The third kappa shape index (κ3) is 5.89. The molecule has 0 radical (unpaired) electrons. The number of amides is 1. The van der Waals surface area contributed by atoms with Crippen LogP contribution in [0.5, 0.6) is 11.5 Å². The number of hydrogen-bond acceptors (Lipinski definition) is 8. The number of halogens is 1. The molecule has 0 atom stereocenters. The molecule has 2 aromatic heterocycles. The fraction of sp³-hybridized carbons (Fsp3) is 0.130. The van der Waals surface area contributed by atoms with Gasteiger partial charge in [-0.05, 0) is 42.0 Å². The van der Waals surface area contributed by atoms with E-state index in [1.807, 2.05) is 0 Å². The summed E-state index contributed by atoms with van der Waals surface area (Å²) in [5.41, 5.74) is -0.221. The SMILES string of the molecule is CNC(=O)Cn1c(=O)nc(Nc2ccc(Oc3ccnnc3)cc2)n(Cc2ccc(Cl)cc2)c1=O. The van der Waals surface area contributed by atoms with Crippen molar-refractivity contribution in [2.45, 2.75) is 13.1 Å². The summed E-state index contributed by atoms with van der Waals surface area (Å²) in [7, 11) is 1.42. The molecule has 11 nitrogen and oxygen atoms in total. The molecule has 0 aliphatic carbocycles. The molecule has 2 N–H and O–H groups in total. The molecule has 2 aromatic carbocycles. The van der Waals surface area contributed by atoms with Crippen LogP contribution in [0.15, 0.2) is 76.6 Å². The Kier molecular flexibility index (Phi) is 7.17. The van der Waals surface area contributed by atoms with E-state index in [0.717, 1.165) is 10.1 Å². The standard InChI is InChI=1S/C23H20ClN7O4/c1-25-20(32)14-31-22(33)29-21(30(23(31)34)13-15-2-4-16(24)5-3-15)28-17-6-8-18(9-7-17)35-19-10-11-26-27-12-19/h2-12H,13-14H2,1H3,(H,25,32)(H,28,29,33). The summed E-state index contributed by atoms with van der Waals surface area (Å²) in [4.78, 5) is 41.6. The number of carbonyl (C=O) groups excluding carboxylic acids is 1. The summed E-state index contributed by atoms with van der Waals surface area (Å²) in [6, 6.07) is 15.4. The average Bonchev–Trinajstić information content (AvgIpc) is 2.87. The van der Waals surface area contributed by atoms with Crippen molar-refractivity contribution in [3.8, 4) is 11.5 Å². The maximum atomic E-state index is 13.2. The quantitative estimate of drug-likeness (QED) is 0.381. The van der Waals surface area contributed by atoms with E-state index in [9.17, 15) is 14.4 Å². The Labute approximate surface area is 204 Å². The average molecular weight is 494 g/mol. The number of rotatable bonds is 8. The number of nitrogens with one attached hydrogen (secondary N) is 2. The fourth-order valence-electron chi connectivity index (χ4n) is 3.11. The van der Waals surface area contributed by atoms with Gasteiger partial charge in [0.05, 0.1) is 18.9 Å². The molecule has 12 heteroatoms. The van der Waals surface area contributed by atoms with E-state index >= 15 is 0 Å². The highest BCUT2D eigenvalue weighted by atomic mass is 35.5. The van der Waals surface area contributed by atoms with Crippen molar-refractivity contribution in [1.29, 1.82) is 0 Å². The van der Waals surface area contributed by atoms with Gasteiger partial charge in [0, 0.05) is 23.8 Å². The number of aromatic nitrogens is 5. The van der Waals surface area contributed by atoms with Crippen LogP contribution in [0.3, 0.4) is 0 Å². The zero-order valence-electron chi connectivity index (χ0n) is 18.5. The smallest absolute Gasteiger partial charge is 0.355 e. The predicted molar refractivity (Wildman–Crippen MR) is 129 cm³/mol. The van der Waals surface area contributed by atoms with Crippen LogP contribution in [0, 0.1) is 0 Å². The van der Waals surface area contributed by atoms with Crippen molar-refractivity contribution in [2.24, 2.45) is 0 Å². The van der Waals surface area contributed by atoms with Gasteiger partial charge in [0.15, 0.2) is 0 Å². The van der Waals surface area contributed by atoms with Crippen molar-refractivity contribution < 1.29 is 9.53 Å². The van der Waals surface area contributed by atoms with Crippen molar-refractivity contribution in [1.82, 2.24) is 29.6 Å². The summed E-state index contributed by atoms with van der Waals surface area (Å²) >= 11 is 5.97. The van der Waals surface area contributed by atoms with E-state index in [0.29, 0.717) is 22.2 Å². The van der Waals surface area contributed by atoms with E-state index < -0.39 is 23.8 Å². The molecule has 0 fully saturated rings. The molecule has 0 aliphatic rings. The second-order valence-electron chi connectivity index (χ2n) is 7.30. The number of carbonyl (C=O) groups is 1. The van der Waals surface area contributed by atoms with Crippen LogP contribution in [-0.4, -0.2) is 37.3 Å². The largest absolute Gasteiger partial charge is 0.456 e. The second kappa shape index (κ2) is 10.6. The fourth-order valence-corrected chi connectivity index (χ4v) is 3.23. The number of hydrogen-bond donors (Lipinski definition) is 2. The molecule has 0 unspecified atom stereocenters. The summed E-state index contributed by atoms with van der Waals surface area (Å²) in [5.74, 6) is 0.606. The summed E-state index contributed by atoms with van der Waals surface area (Å²) in [5, 5.41) is 13.4. The van der Waals surface area contributed by atoms with Crippen LogP contribution in [0.1, 0.15) is 5.56 Å². The van der Waals surface area contributed by atoms with E-state index in [1.54, 1.807) is 54.6 Å². The molecule has 35 heavy (non-hydrogen) atoms. The summed E-state index contributed by atoms with van der Waals surface area (Å²) in [6.45, 7) is -0.354. The zero-order chi connectivity index (χ0) is 24.8. The van der Waals surface area contributed by atoms with Gasteiger partial charge >= 0.3 is 11.4 Å². The monoisotopic (exact) mass is 493 g/mol. The Morgan fingerprint density at radius 2 is 1.71 bits per heavy atom. The van der Waals surface area contributed by atoms with E-state index in [4.69, 9.17) is 16.3 Å².